The molecule has 1 heterocycles. The van der Waals surface area contributed by atoms with Crippen molar-refractivity contribution < 1.29 is 71.5 Å². The van der Waals surface area contributed by atoms with Gasteiger partial charge in [-0.25, -0.2) is 19.2 Å². The number of hydrogen-bond acceptors (Lipinski definition) is 18. The molecule has 0 spiro atoms. The van der Waals surface area contributed by atoms with Crippen LogP contribution in [0, 0.1) is 0 Å². The molecule has 1 saturated heterocycles. The first kappa shape index (κ1) is 58.3. The van der Waals surface area contributed by atoms with Crippen LogP contribution in [0.4, 0.5) is 19.2 Å². The van der Waals surface area contributed by atoms with E-state index in [4.69, 9.17) is 37.9 Å². The van der Waals surface area contributed by atoms with E-state index in [1.807, 2.05) is 0 Å². The molecule has 9 N–H and O–H groups in total. The number of carbonyl (C=O) groups excluding carboxylic acids is 6. The summed E-state index contributed by atoms with van der Waals surface area (Å²) in [7, 11) is 15.3. The Morgan fingerprint density at radius 1 is 0.406 bits per heavy atom. The van der Waals surface area contributed by atoms with Crippen LogP contribution in [-0.4, -0.2) is 112 Å². The number of ether oxygens (including phenoxy) is 8. The van der Waals surface area contributed by atoms with Crippen LogP contribution in [0.25, 0.3) is 0 Å². The second kappa shape index (κ2) is 35.9. The summed E-state index contributed by atoms with van der Waals surface area (Å²) in [5.41, 5.74) is 13.5. The van der Waals surface area contributed by atoms with Crippen molar-refractivity contribution in [3.63, 3.8) is 0 Å². The van der Waals surface area contributed by atoms with Crippen LogP contribution in [0.5, 0.6) is 46.0 Å². The third-order valence-electron chi connectivity index (χ3n) is 6.85. The molecule has 64 heavy (non-hydrogen) atoms. The largest absolute Gasteiger partial charge is 0.539 e. The summed E-state index contributed by atoms with van der Waals surface area (Å²) in [5.74, 6) is 3.34. The Labute approximate surface area is 372 Å². The van der Waals surface area contributed by atoms with Crippen molar-refractivity contribution in [2.24, 2.45) is 17.2 Å². The van der Waals surface area contributed by atoms with E-state index in [1.54, 1.807) is 106 Å². The quantitative estimate of drug-likeness (QED) is 0.0777. The van der Waals surface area contributed by atoms with Gasteiger partial charge in [-0.1, -0.05) is 5.06 Å². The van der Waals surface area contributed by atoms with E-state index in [0.29, 0.717) is 28.1 Å². The van der Waals surface area contributed by atoms with Crippen LogP contribution in [0.2, 0.25) is 0 Å². The molecule has 1 aliphatic rings. The lowest BCUT2D eigenvalue weighted by atomic mass is 10.3. The van der Waals surface area contributed by atoms with Gasteiger partial charge in [0.1, 0.15) is 46.0 Å². The number of nitrogens with two attached hydrogens (primary N) is 3. The first-order valence-electron chi connectivity index (χ1n) is 18.6. The van der Waals surface area contributed by atoms with Gasteiger partial charge in [0.15, 0.2) is 0 Å². The molecule has 1 fully saturated rings. The topological polar surface area (TPSA) is 303 Å². The molecule has 0 bridgehead atoms. The van der Waals surface area contributed by atoms with Crippen molar-refractivity contribution in [2.45, 2.75) is 12.8 Å². The number of carbonyl (C=O) groups is 6. The third kappa shape index (κ3) is 24.4. The lowest BCUT2D eigenvalue weighted by molar-refractivity contribution is -0.174. The summed E-state index contributed by atoms with van der Waals surface area (Å²) >= 11 is 0. The van der Waals surface area contributed by atoms with Crippen LogP contribution in [-0.2, 0) is 14.4 Å². The van der Waals surface area contributed by atoms with Crippen LogP contribution in [0.15, 0.2) is 97.1 Å². The van der Waals surface area contributed by atoms with E-state index in [9.17, 15) is 28.8 Å². The number of imide groups is 1. The molecule has 5 rings (SSSR count). The number of nitrogens with one attached hydrogen (secondary N) is 3. The maximum Gasteiger partial charge on any atom is 0.539 e. The first-order chi connectivity index (χ1) is 30.9. The molecule has 0 aromatic heterocycles. The minimum atomic E-state index is -1.14. The van der Waals surface area contributed by atoms with Gasteiger partial charge in [-0.3, -0.25) is 14.4 Å². The molecule has 0 saturated carbocycles. The number of amides is 5. The molecular formula is C42H59N7O15. The molecule has 352 valence electrons. The SMILES string of the molecule is CN.CN.CN.CNC(=O)Oc1ccc(OC)cc1.CNC(=O)Oc1ccc(OC)cc1.CNC(=O)Oc1ccc(OC)cc1.COc1ccc(OC(=O)ON2C(=O)CCC2=O)cc1. The Kier molecular flexibility index (Phi) is 32.7. The van der Waals surface area contributed by atoms with Crippen LogP contribution < -0.4 is 71.0 Å². The van der Waals surface area contributed by atoms with Gasteiger partial charge in [-0.2, -0.15) is 0 Å². The summed E-state index contributed by atoms with van der Waals surface area (Å²) in [5, 5.41) is 7.47. The summed E-state index contributed by atoms with van der Waals surface area (Å²) in [4.78, 5) is 70.7. The zero-order valence-corrected chi connectivity index (χ0v) is 37.5. The molecule has 22 heteroatoms. The third-order valence-corrected chi connectivity index (χ3v) is 6.85. The molecule has 0 atom stereocenters. The Morgan fingerprint density at radius 3 is 0.812 bits per heavy atom. The standard InChI is InChI=1S/C12H11NO6.3C9H11NO3.3CH5N/c1-17-8-2-4-9(5-3-8)18-12(16)19-13-10(14)6-7-11(13)15;3*1-10-9(11)13-8-5-3-7(12-2)4-6-8;3*1-2/h2-5H,6-7H2,1H3;3*3-6H,1-2H3,(H,10,11);3*2H2,1H3. The maximum atomic E-state index is 11.4. The van der Waals surface area contributed by atoms with Crippen molar-refractivity contribution in [3.8, 4) is 46.0 Å². The van der Waals surface area contributed by atoms with Gasteiger partial charge in [0.25, 0.3) is 11.8 Å². The Bertz CT molecular complexity index is 1760. The smallest absolute Gasteiger partial charge is 0.497 e. The Hall–Kier alpha value is -7.82. The lowest BCUT2D eigenvalue weighted by Gasteiger charge is -2.12. The zero-order chi connectivity index (χ0) is 48.9. The number of hydroxylamine groups is 2. The normalized spacial score (nSPS) is 10.1. The second-order valence-electron chi connectivity index (χ2n) is 10.6. The highest BCUT2D eigenvalue weighted by Gasteiger charge is 2.33. The van der Waals surface area contributed by atoms with E-state index >= 15 is 0 Å². The first-order valence-corrected chi connectivity index (χ1v) is 18.6. The van der Waals surface area contributed by atoms with Crippen LogP contribution >= 0.6 is 0 Å². The molecule has 5 amide bonds. The number of benzene rings is 4. The van der Waals surface area contributed by atoms with Gasteiger partial charge < -0.3 is 71.0 Å². The van der Waals surface area contributed by atoms with Gasteiger partial charge in [0, 0.05) is 34.0 Å². The molecular weight excluding hydrogens is 842 g/mol. The maximum absolute atomic E-state index is 11.4. The predicted octanol–water partition coefficient (Wildman–Crippen LogP) is 4.24. The van der Waals surface area contributed by atoms with E-state index in [-0.39, 0.29) is 18.6 Å². The molecule has 4 aromatic carbocycles. The van der Waals surface area contributed by atoms with Crippen LogP contribution in [0.3, 0.4) is 0 Å². The number of hydrogen-bond donors (Lipinski definition) is 6. The Morgan fingerprint density at radius 2 is 0.609 bits per heavy atom. The van der Waals surface area contributed by atoms with Gasteiger partial charge in [0.05, 0.1) is 28.4 Å². The molecule has 22 nitrogen and oxygen atoms in total. The molecule has 1 aliphatic heterocycles. The Balaban J connectivity index is 0. The van der Waals surface area contributed by atoms with Crippen molar-refractivity contribution in [1.29, 1.82) is 0 Å². The molecule has 4 aromatic rings. The molecule has 0 radical (unpaired) electrons. The van der Waals surface area contributed by atoms with Crippen molar-refractivity contribution in [2.75, 3.05) is 70.7 Å². The average molecular weight is 902 g/mol. The molecule has 0 aliphatic carbocycles. The van der Waals surface area contributed by atoms with Gasteiger partial charge in [-0.15, -0.1) is 0 Å². The van der Waals surface area contributed by atoms with E-state index in [1.165, 1.54) is 61.5 Å². The summed E-state index contributed by atoms with van der Waals surface area (Å²) in [6.45, 7) is 0. The van der Waals surface area contributed by atoms with Crippen molar-refractivity contribution in [1.82, 2.24) is 21.0 Å². The van der Waals surface area contributed by atoms with Crippen molar-refractivity contribution in [3.05, 3.63) is 97.1 Å². The lowest BCUT2D eigenvalue weighted by Crippen LogP contribution is -2.33. The number of methoxy groups -OCH3 is 4. The fraction of sp³-hybridized carbons (Fsp3) is 0.286. The highest BCUT2D eigenvalue weighted by molar-refractivity contribution is 6.01. The summed E-state index contributed by atoms with van der Waals surface area (Å²) in [6.07, 6.45) is -2.52. The predicted molar refractivity (Wildman–Crippen MR) is 236 cm³/mol. The summed E-state index contributed by atoms with van der Waals surface area (Å²) in [6, 6.07) is 26.5. The van der Waals surface area contributed by atoms with Crippen LogP contribution in [0.1, 0.15) is 12.8 Å². The van der Waals surface area contributed by atoms with E-state index in [0.717, 1.165) is 17.2 Å². The highest BCUT2D eigenvalue weighted by Crippen LogP contribution is 2.20. The minimum Gasteiger partial charge on any atom is -0.497 e. The highest BCUT2D eigenvalue weighted by atomic mass is 16.8. The fourth-order valence-corrected chi connectivity index (χ4v) is 3.90. The van der Waals surface area contributed by atoms with Gasteiger partial charge in [0.2, 0.25) is 0 Å². The second-order valence-corrected chi connectivity index (χ2v) is 10.6. The number of rotatable bonds is 9. The van der Waals surface area contributed by atoms with E-state index in [2.05, 4.69) is 38.0 Å². The summed E-state index contributed by atoms with van der Waals surface area (Å²) < 4.78 is 39.2. The van der Waals surface area contributed by atoms with Gasteiger partial charge in [-0.05, 0) is 118 Å². The van der Waals surface area contributed by atoms with E-state index < -0.39 is 36.2 Å². The molecule has 0 unspecified atom stereocenters. The number of nitrogens with zero attached hydrogens (tertiary/aromatic N) is 1. The monoisotopic (exact) mass is 901 g/mol. The fourth-order valence-electron chi connectivity index (χ4n) is 3.90. The zero-order valence-electron chi connectivity index (χ0n) is 37.5. The average Bonchev–Trinajstić information content (AvgIpc) is 3.66. The van der Waals surface area contributed by atoms with Gasteiger partial charge >= 0.3 is 24.4 Å². The van der Waals surface area contributed by atoms with Crippen molar-refractivity contribution >= 4 is 36.2 Å². The minimum absolute atomic E-state index is 0.0364.